The molecule has 0 aromatic heterocycles. The van der Waals surface area contributed by atoms with Crippen molar-refractivity contribution < 1.29 is 9.84 Å². The molecule has 3 heteroatoms. The fourth-order valence-corrected chi connectivity index (χ4v) is 2.95. The van der Waals surface area contributed by atoms with Crippen LogP contribution < -0.4 is 5.73 Å². The number of aromatic hydroxyl groups is 1. The van der Waals surface area contributed by atoms with Crippen molar-refractivity contribution in [2.45, 2.75) is 18.9 Å². The van der Waals surface area contributed by atoms with Gasteiger partial charge in [-0.2, -0.15) is 0 Å². The van der Waals surface area contributed by atoms with Crippen LogP contribution in [0, 0.1) is 5.92 Å². The minimum Gasteiger partial charge on any atom is -0.508 e. The molecule has 1 aliphatic heterocycles. The Morgan fingerprint density at radius 2 is 1.84 bits per heavy atom. The van der Waals surface area contributed by atoms with Crippen LogP contribution in [0.25, 0.3) is 10.8 Å². The van der Waals surface area contributed by atoms with Crippen LogP contribution in [0.1, 0.15) is 24.4 Å². The predicted molar refractivity (Wildman–Crippen MR) is 76.1 cm³/mol. The normalized spacial score (nSPS) is 18.6. The lowest BCUT2D eigenvalue weighted by Gasteiger charge is -2.29. The molecule has 2 aromatic rings. The summed E-state index contributed by atoms with van der Waals surface area (Å²) in [5.74, 6) is 0.683. The molecule has 100 valence electrons. The fourth-order valence-electron chi connectivity index (χ4n) is 2.95. The van der Waals surface area contributed by atoms with Gasteiger partial charge in [0, 0.05) is 24.8 Å². The lowest BCUT2D eigenvalue weighted by atomic mass is 9.85. The molecule has 0 spiro atoms. The van der Waals surface area contributed by atoms with E-state index in [1.807, 2.05) is 24.3 Å². The number of fused-ring (bicyclic) bond motifs is 1. The second kappa shape index (κ2) is 5.19. The van der Waals surface area contributed by atoms with Crippen LogP contribution in [0.15, 0.2) is 36.4 Å². The van der Waals surface area contributed by atoms with Gasteiger partial charge >= 0.3 is 0 Å². The summed E-state index contributed by atoms with van der Waals surface area (Å²) in [4.78, 5) is 0. The average Bonchev–Trinajstić information content (AvgIpc) is 2.47. The molecule has 1 heterocycles. The molecule has 0 radical (unpaired) electrons. The van der Waals surface area contributed by atoms with Gasteiger partial charge in [-0.15, -0.1) is 0 Å². The molecule has 0 amide bonds. The minimum atomic E-state index is -0.130. The third-order valence-corrected chi connectivity index (χ3v) is 4.05. The van der Waals surface area contributed by atoms with Gasteiger partial charge in [0.2, 0.25) is 0 Å². The molecule has 2 aromatic carbocycles. The molecule has 1 fully saturated rings. The van der Waals surface area contributed by atoms with Gasteiger partial charge in [0.05, 0.1) is 0 Å². The van der Waals surface area contributed by atoms with Crippen LogP contribution in [-0.4, -0.2) is 18.3 Å². The first-order chi connectivity index (χ1) is 9.27. The molecule has 1 atom stereocenters. The number of phenols is 1. The van der Waals surface area contributed by atoms with E-state index in [1.54, 1.807) is 6.07 Å². The lowest BCUT2D eigenvalue weighted by molar-refractivity contribution is 0.0582. The molecule has 1 aliphatic rings. The molecule has 3 rings (SSSR count). The minimum absolute atomic E-state index is 0.130. The Hall–Kier alpha value is -1.58. The van der Waals surface area contributed by atoms with Crippen molar-refractivity contribution >= 4 is 10.8 Å². The highest BCUT2D eigenvalue weighted by atomic mass is 16.5. The highest BCUT2D eigenvalue weighted by molar-refractivity contribution is 5.88. The van der Waals surface area contributed by atoms with E-state index in [9.17, 15) is 5.11 Å². The SMILES string of the molecule is N[C@@H](c1c(O)ccc2ccccc12)C1CCOCC1. The van der Waals surface area contributed by atoms with Crippen LogP contribution in [0.2, 0.25) is 0 Å². The fraction of sp³-hybridized carbons (Fsp3) is 0.375. The summed E-state index contributed by atoms with van der Waals surface area (Å²) < 4.78 is 5.39. The molecule has 19 heavy (non-hydrogen) atoms. The van der Waals surface area contributed by atoms with Gasteiger partial charge < -0.3 is 15.6 Å². The van der Waals surface area contributed by atoms with E-state index in [4.69, 9.17) is 10.5 Å². The zero-order valence-corrected chi connectivity index (χ0v) is 10.9. The topological polar surface area (TPSA) is 55.5 Å². The predicted octanol–water partition coefficient (Wildman–Crippen LogP) is 2.97. The summed E-state index contributed by atoms with van der Waals surface area (Å²) in [5.41, 5.74) is 7.30. The maximum Gasteiger partial charge on any atom is 0.120 e. The number of hydrogen-bond acceptors (Lipinski definition) is 3. The van der Waals surface area contributed by atoms with Crippen molar-refractivity contribution in [2.24, 2.45) is 11.7 Å². The van der Waals surface area contributed by atoms with Gasteiger partial charge in [0.15, 0.2) is 0 Å². The third kappa shape index (κ3) is 2.31. The number of phenolic OH excluding ortho intramolecular Hbond substituents is 1. The van der Waals surface area contributed by atoms with E-state index in [1.165, 1.54) is 0 Å². The summed E-state index contributed by atoms with van der Waals surface area (Å²) >= 11 is 0. The van der Waals surface area contributed by atoms with Crippen LogP contribution in [-0.2, 0) is 4.74 Å². The highest BCUT2D eigenvalue weighted by Crippen LogP contribution is 2.37. The van der Waals surface area contributed by atoms with Gasteiger partial charge in [0.25, 0.3) is 0 Å². The Labute approximate surface area is 113 Å². The molecular weight excluding hydrogens is 238 g/mol. The molecule has 0 bridgehead atoms. The van der Waals surface area contributed by atoms with Crippen LogP contribution >= 0.6 is 0 Å². The Morgan fingerprint density at radius 1 is 1.11 bits per heavy atom. The summed E-state index contributed by atoms with van der Waals surface area (Å²) in [7, 11) is 0. The first-order valence-corrected chi connectivity index (χ1v) is 6.81. The van der Waals surface area contributed by atoms with Crippen molar-refractivity contribution in [3.05, 3.63) is 42.0 Å². The quantitative estimate of drug-likeness (QED) is 0.869. The Morgan fingerprint density at radius 3 is 2.63 bits per heavy atom. The lowest BCUT2D eigenvalue weighted by Crippen LogP contribution is -2.27. The summed E-state index contributed by atoms with van der Waals surface area (Å²) in [5, 5.41) is 12.4. The number of hydrogen-bond donors (Lipinski definition) is 2. The highest BCUT2D eigenvalue weighted by Gasteiger charge is 2.25. The number of rotatable bonds is 2. The molecule has 0 unspecified atom stereocenters. The molecular formula is C16H19NO2. The van der Waals surface area contributed by atoms with E-state index in [2.05, 4.69) is 6.07 Å². The first-order valence-electron chi connectivity index (χ1n) is 6.81. The molecule has 1 saturated heterocycles. The standard InChI is InChI=1S/C16H19NO2/c17-16(12-7-9-19-10-8-12)15-13-4-2-1-3-11(13)5-6-14(15)18/h1-6,12,16,18H,7-10,17H2/t16-/m1/s1. The van der Waals surface area contributed by atoms with Gasteiger partial charge in [-0.05, 0) is 35.6 Å². The first kappa shape index (κ1) is 12.5. The Bertz CT molecular complexity index is 576. The van der Waals surface area contributed by atoms with E-state index in [0.717, 1.165) is 42.4 Å². The number of nitrogens with two attached hydrogens (primary N) is 1. The monoisotopic (exact) mass is 257 g/mol. The van der Waals surface area contributed by atoms with E-state index < -0.39 is 0 Å². The average molecular weight is 257 g/mol. The van der Waals surface area contributed by atoms with Crippen LogP contribution in [0.5, 0.6) is 5.75 Å². The van der Waals surface area contributed by atoms with Gasteiger partial charge in [-0.3, -0.25) is 0 Å². The van der Waals surface area contributed by atoms with Crippen molar-refractivity contribution in [1.82, 2.24) is 0 Å². The second-order valence-electron chi connectivity index (χ2n) is 5.20. The molecule has 0 saturated carbocycles. The zero-order chi connectivity index (χ0) is 13.2. The molecule has 0 aliphatic carbocycles. The maximum absolute atomic E-state index is 10.2. The molecule has 3 nitrogen and oxygen atoms in total. The van der Waals surface area contributed by atoms with Crippen molar-refractivity contribution in [2.75, 3.05) is 13.2 Å². The third-order valence-electron chi connectivity index (χ3n) is 4.05. The van der Waals surface area contributed by atoms with Crippen LogP contribution in [0.3, 0.4) is 0 Å². The van der Waals surface area contributed by atoms with E-state index in [0.29, 0.717) is 11.7 Å². The second-order valence-corrected chi connectivity index (χ2v) is 5.20. The van der Waals surface area contributed by atoms with E-state index in [-0.39, 0.29) is 6.04 Å². The smallest absolute Gasteiger partial charge is 0.120 e. The maximum atomic E-state index is 10.2. The van der Waals surface area contributed by atoms with Crippen molar-refractivity contribution in [3.8, 4) is 5.75 Å². The number of benzene rings is 2. The summed E-state index contributed by atoms with van der Waals surface area (Å²) in [6.45, 7) is 1.54. The zero-order valence-electron chi connectivity index (χ0n) is 10.9. The van der Waals surface area contributed by atoms with Crippen molar-refractivity contribution in [3.63, 3.8) is 0 Å². The Kier molecular flexibility index (Phi) is 3.40. The largest absolute Gasteiger partial charge is 0.508 e. The van der Waals surface area contributed by atoms with Gasteiger partial charge in [-0.1, -0.05) is 30.3 Å². The van der Waals surface area contributed by atoms with E-state index >= 15 is 0 Å². The summed E-state index contributed by atoms with van der Waals surface area (Å²) in [6.07, 6.45) is 1.92. The molecule has 3 N–H and O–H groups in total. The van der Waals surface area contributed by atoms with Crippen molar-refractivity contribution in [1.29, 1.82) is 0 Å². The number of ether oxygens (including phenoxy) is 1. The Balaban J connectivity index is 2.05. The van der Waals surface area contributed by atoms with Gasteiger partial charge in [0.1, 0.15) is 5.75 Å². The van der Waals surface area contributed by atoms with Gasteiger partial charge in [-0.25, -0.2) is 0 Å². The summed E-state index contributed by atoms with van der Waals surface area (Å²) in [6, 6.07) is 11.6. The van der Waals surface area contributed by atoms with Crippen LogP contribution in [0.4, 0.5) is 0 Å².